The highest BCUT2D eigenvalue weighted by Gasteiger charge is 2.29. The summed E-state index contributed by atoms with van der Waals surface area (Å²) in [5, 5.41) is 17.1. The van der Waals surface area contributed by atoms with Crippen LogP contribution in [0, 0.1) is 0 Å². The minimum Gasteiger partial charge on any atom is -0.481 e. The van der Waals surface area contributed by atoms with E-state index in [0.29, 0.717) is 0 Å². The Kier molecular flexibility index (Phi) is 5.35. The number of benzene rings is 1. The summed E-state index contributed by atoms with van der Waals surface area (Å²) in [7, 11) is -4.31. The van der Waals surface area contributed by atoms with Crippen molar-refractivity contribution >= 4 is 45.2 Å². The first-order chi connectivity index (χ1) is 9.15. The number of hydrogen-bond donors (Lipinski definition) is 3. The van der Waals surface area contributed by atoms with Gasteiger partial charge in [-0.25, -0.2) is 8.42 Å². The molecule has 110 valence electrons. The lowest BCUT2D eigenvalue weighted by molar-refractivity contribution is -0.145. The maximum Gasteiger partial charge on any atom is 0.322 e. The van der Waals surface area contributed by atoms with Gasteiger partial charge in [0.05, 0.1) is 16.5 Å². The molecular formula is C10H9Cl2NO6S. The van der Waals surface area contributed by atoms with E-state index in [2.05, 4.69) is 0 Å². The maximum absolute atomic E-state index is 12.0. The zero-order valence-electron chi connectivity index (χ0n) is 9.71. The van der Waals surface area contributed by atoms with Crippen molar-refractivity contribution in [2.45, 2.75) is 17.4 Å². The molecule has 0 aliphatic heterocycles. The zero-order chi connectivity index (χ0) is 15.5. The monoisotopic (exact) mass is 341 g/mol. The summed E-state index contributed by atoms with van der Waals surface area (Å²) < 4.78 is 25.7. The average Bonchev–Trinajstić information content (AvgIpc) is 2.30. The minimum absolute atomic E-state index is 0.0281. The van der Waals surface area contributed by atoms with Crippen LogP contribution < -0.4 is 4.72 Å². The van der Waals surface area contributed by atoms with Gasteiger partial charge in [0, 0.05) is 0 Å². The largest absolute Gasteiger partial charge is 0.481 e. The van der Waals surface area contributed by atoms with Crippen molar-refractivity contribution in [3.05, 3.63) is 28.2 Å². The molecule has 1 aromatic carbocycles. The molecule has 3 N–H and O–H groups in total. The molecule has 0 aliphatic carbocycles. The Morgan fingerprint density at radius 1 is 1.25 bits per heavy atom. The van der Waals surface area contributed by atoms with Crippen LogP contribution in [0.15, 0.2) is 23.1 Å². The SMILES string of the molecule is O=C(O)C[C@H](NS(=O)(=O)c1cccc(Cl)c1Cl)C(=O)O. The number of aliphatic carboxylic acids is 2. The fourth-order valence-electron chi connectivity index (χ4n) is 1.30. The summed E-state index contributed by atoms with van der Waals surface area (Å²) in [5.41, 5.74) is 0. The van der Waals surface area contributed by atoms with Crippen molar-refractivity contribution in [2.75, 3.05) is 0 Å². The lowest BCUT2D eigenvalue weighted by atomic mass is 10.2. The lowest BCUT2D eigenvalue weighted by Gasteiger charge is -2.14. The Morgan fingerprint density at radius 2 is 1.85 bits per heavy atom. The highest BCUT2D eigenvalue weighted by Crippen LogP contribution is 2.28. The Hall–Kier alpha value is -1.35. The molecule has 0 bridgehead atoms. The molecule has 7 nitrogen and oxygen atoms in total. The van der Waals surface area contributed by atoms with Gasteiger partial charge in [0.2, 0.25) is 10.0 Å². The quantitative estimate of drug-likeness (QED) is 0.714. The van der Waals surface area contributed by atoms with Crippen LogP contribution in [-0.2, 0) is 19.6 Å². The number of sulfonamides is 1. The van der Waals surface area contributed by atoms with Gasteiger partial charge in [-0.15, -0.1) is 0 Å². The van der Waals surface area contributed by atoms with Gasteiger partial charge in [0.15, 0.2) is 0 Å². The van der Waals surface area contributed by atoms with Gasteiger partial charge in [-0.1, -0.05) is 29.3 Å². The number of carbonyl (C=O) groups is 2. The number of carboxylic acids is 2. The fraction of sp³-hybridized carbons (Fsp3) is 0.200. The molecule has 0 radical (unpaired) electrons. The summed E-state index contributed by atoms with van der Waals surface area (Å²) in [4.78, 5) is 20.9. The van der Waals surface area contributed by atoms with Gasteiger partial charge in [0.25, 0.3) is 0 Å². The number of halogens is 2. The average molecular weight is 342 g/mol. The van der Waals surface area contributed by atoms with Crippen LogP contribution in [0.2, 0.25) is 10.0 Å². The van der Waals surface area contributed by atoms with Crippen LogP contribution in [0.1, 0.15) is 6.42 Å². The van der Waals surface area contributed by atoms with Crippen molar-refractivity contribution in [1.29, 1.82) is 0 Å². The predicted octanol–water partition coefficient (Wildman–Crippen LogP) is 1.20. The molecule has 0 heterocycles. The van der Waals surface area contributed by atoms with Crippen LogP contribution >= 0.6 is 23.2 Å². The number of carboxylic acid groups (broad SMARTS) is 2. The third-order valence-electron chi connectivity index (χ3n) is 2.18. The molecule has 1 aromatic rings. The maximum atomic E-state index is 12.0. The van der Waals surface area contributed by atoms with Crippen molar-refractivity contribution in [3.63, 3.8) is 0 Å². The van der Waals surface area contributed by atoms with Crippen molar-refractivity contribution in [3.8, 4) is 0 Å². The first-order valence-electron chi connectivity index (χ1n) is 5.06. The molecule has 20 heavy (non-hydrogen) atoms. The van der Waals surface area contributed by atoms with E-state index in [-0.39, 0.29) is 10.0 Å². The molecule has 0 spiro atoms. The molecule has 0 unspecified atom stereocenters. The number of rotatable bonds is 6. The molecule has 0 aromatic heterocycles. The highest BCUT2D eigenvalue weighted by atomic mass is 35.5. The van der Waals surface area contributed by atoms with E-state index in [4.69, 9.17) is 33.4 Å². The highest BCUT2D eigenvalue weighted by molar-refractivity contribution is 7.89. The second-order valence-corrected chi connectivity index (χ2v) is 6.13. The van der Waals surface area contributed by atoms with Gasteiger partial charge >= 0.3 is 11.9 Å². The summed E-state index contributed by atoms with van der Waals surface area (Å²) in [6, 6.07) is 1.98. The third kappa shape index (κ3) is 4.07. The molecule has 10 heteroatoms. The number of nitrogens with one attached hydrogen (secondary N) is 1. The predicted molar refractivity (Wildman–Crippen MR) is 70.5 cm³/mol. The Morgan fingerprint density at radius 3 is 2.35 bits per heavy atom. The van der Waals surface area contributed by atoms with Gasteiger partial charge in [0.1, 0.15) is 10.9 Å². The Balaban J connectivity index is 3.13. The van der Waals surface area contributed by atoms with Crippen molar-refractivity contribution in [1.82, 2.24) is 4.72 Å². The van der Waals surface area contributed by atoms with Crippen molar-refractivity contribution in [2.24, 2.45) is 0 Å². The van der Waals surface area contributed by atoms with Crippen LogP contribution in [0.3, 0.4) is 0 Å². The second-order valence-electron chi connectivity index (χ2n) is 3.66. The van der Waals surface area contributed by atoms with Crippen LogP contribution in [-0.4, -0.2) is 36.6 Å². The standard InChI is InChI=1S/C10H9Cl2NO6S/c11-5-2-1-3-7(9(5)12)20(18,19)13-6(10(16)17)4-8(14)15/h1-3,6,13H,4H2,(H,14,15)(H,16,17)/t6-/m0/s1. The van der Waals surface area contributed by atoms with E-state index in [1.807, 2.05) is 0 Å². The first kappa shape index (κ1) is 16.7. The molecular weight excluding hydrogens is 333 g/mol. The molecule has 0 fully saturated rings. The smallest absolute Gasteiger partial charge is 0.322 e. The van der Waals surface area contributed by atoms with Crippen molar-refractivity contribution < 1.29 is 28.2 Å². The normalized spacial score (nSPS) is 12.9. The lowest BCUT2D eigenvalue weighted by Crippen LogP contribution is -2.42. The first-order valence-corrected chi connectivity index (χ1v) is 7.30. The summed E-state index contributed by atoms with van der Waals surface area (Å²) in [5.74, 6) is -3.08. The van der Waals surface area contributed by atoms with Gasteiger partial charge in [-0.05, 0) is 12.1 Å². The second kappa shape index (κ2) is 6.40. The third-order valence-corrected chi connectivity index (χ3v) is 4.62. The topological polar surface area (TPSA) is 121 Å². The van der Waals surface area contributed by atoms with E-state index in [0.717, 1.165) is 6.07 Å². The van der Waals surface area contributed by atoms with Crippen LogP contribution in [0.4, 0.5) is 0 Å². The molecule has 0 saturated carbocycles. The molecule has 1 rings (SSSR count). The van der Waals surface area contributed by atoms with E-state index in [1.54, 1.807) is 4.72 Å². The van der Waals surface area contributed by atoms with E-state index < -0.39 is 39.3 Å². The van der Waals surface area contributed by atoms with E-state index in [1.165, 1.54) is 12.1 Å². The number of hydrogen-bond acceptors (Lipinski definition) is 4. The summed E-state index contributed by atoms with van der Waals surface area (Å²) in [6.07, 6.45) is -0.910. The Bertz CT molecular complexity index is 645. The molecule has 0 saturated heterocycles. The minimum atomic E-state index is -4.31. The van der Waals surface area contributed by atoms with Crippen LogP contribution in [0.25, 0.3) is 0 Å². The van der Waals surface area contributed by atoms with E-state index in [9.17, 15) is 18.0 Å². The zero-order valence-corrected chi connectivity index (χ0v) is 12.0. The summed E-state index contributed by atoms with van der Waals surface area (Å²) >= 11 is 11.4. The van der Waals surface area contributed by atoms with Crippen LogP contribution in [0.5, 0.6) is 0 Å². The fourth-order valence-corrected chi connectivity index (χ4v) is 3.25. The van der Waals surface area contributed by atoms with Gasteiger partial charge in [-0.2, -0.15) is 4.72 Å². The van der Waals surface area contributed by atoms with E-state index >= 15 is 0 Å². The summed E-state index contributed by atoms with van der Waals surface area (Å²) in [6.45, 7) is 0. The van der Waals surface area contributed by atoms with Gasteiger partial charge in [-0.3, -0.25) is 9.59 Å². The molecule has 0 amide bonds. The molecule has 1 atom stereocenters. The Labute approximate surface area is 124 Å². The molecule has 0 aliphatic rings. The van der Waals surface area contributed by atoms with Gasteiger partial charge < -0.3 is 10.2 Å².